The summed E-state index contributed by atoms with van der Waals surface area (Å²) in [6.07, 6.45) is 0. The molecule has 1 saturated heterocycles. The molecule has 106 valence electrons. The van der Waals surface area contributed by atoms with Crippen molar-refractivity contribution in [3.05, 3.63) is 35.2 Å². The van der Waals surface area contributed by atoms with Gasteiger partial charge in [-0.25, -0.2) is 0 Å². The molecule has 1 aliphatic rings. The highest BCUT2D eigenvalue weighted by Crippen LogP contribution is 2.26. The summed E-state index contributed by atoms with van der Waals surface area (Å²) in [5.74, 6) is 0.134. The highest BCUT2D eigenvalue weighted by Gasteiger charge is 2.22. The van der Waals surface area contributed by atoms with Gasteiger partial charge in [0.25, 0.3) is 5.91 Å². The van der Waals surface area contributed by atoms with Crippen LogP contribution in [-0.2, 0) is 0 Å². The summed E-state index contributed by atoms with van der Waals surface area (Å²) in [7, 11) is 0. The molecule has 2 aromatic rings. The fourth-order valence-electron chi connectivity index (χ4n) is 2.56. The summed E-state index contributed by atoms with van der Waals surface area (Å²) < 4.78 is 1.16. The van der Waals surface area contributed by atoms with Gasteiger partial charge < -0.3 is 10.0 Å². The van der Waals surface area contributed by atoms with Crippen molar-refractivity contribution in [2.75, 3.05) is 39.3 Å². The molecular formula is C15H18N2O2S. The molecule has 1 aromatic carbocycles. The van der Waals surface area contributed by atoms with E-state index in [4.69, 9.17) is 5.11 Å². The minimum atomic E-state index is 0.134. The first-order chi connectivity index (χ1) is 9.78. The number of nitrogens with zero attached hydrogens (tertiary/aromatic N) is 2. The Balaban J connectivity index is 1.70. The summed E-state index contributed by atoms with van der Waals surface area (Å²) in [6.45, 7) is 4.06. The molecule has 0 unspecified atom stereocenters. The highest BCUT2D eigenvalue weighted by molar-refractivity contribution is 7.20. The number of rotatable bonds is 3. The number of benzene rings is 1. The van der Waals surface area contributed by atoms with Crippen LogP contribution in [0.5, 0.6) is 0 Å². The number of aliphatic hydroxyl groups is 1. The largest absolute Gasteiger partial charge is 0.395 e. The van der Waals surface area contributed by atoms with Crippen molar-refractivity contribution < 1.29 is 9.90 Å². The van der Waals surface area contributed by atoms with Gasteiger partial charge in [-0.15, -0.1) is 11.3 Å². The second-order valence-electron chi connectivity index (χ2n) is 5.01. The summed E-state index contributed by atoms with van der Waals surface area (Å²) >= 11 is 1.57. The molecule has 0 radical (unpaired) electrons. The van der Waals surface area contributed by atoms with Crippen LogP contribution < -0.4 is 0 Å². The standard InChI is InChI=1S/C15H18N2O2S/c18-10-9-16-5-7-17(8-6-16)15(19)14-11-12-3-1-2-4-13(12)20-14/h1-4,11,18H,5-10H2. The zero-order valence-electron chi connectivity index (χ0n) is 11.3. The van der Waals surface area contributed by atoms with Crippen molar-refractivity contribution in [1.82, 2.24) is 9.80 Å². The van der Waals surface area contributed by atoms with Gasteiger partial charge in [0.05, 0.1) is 11.5 Å². The molecule has 2 heterocycles. The number of carbonyl (C=O) groups excluding carboxylic acids is 1. The van der Waals surface area contributed by atoms with E-state index >= 15 is 0 Å². The zero-order chi connectivity index (χ0) is 13.9. The van der Waals surface area contributed by atoms with E-state index < -0.39 is 0 Å². The number of piperazine rings is 1. The number of hydrogen-bond acceptors (Lipinski definition) is 4. The molecule has 1 aliphatic heterocycles. The molecule has 0 atom stereocenters. The van der Waals surface area contributed by atoms with Crippen LogP contribution in [0, 0.1) is 0 Å². The number of β-amino-alcohol motifs (C(OH)–C–C–N with tert-alkyl or cyclic N) is 1. The summed E-state index contributed by atoms with van der Waals surface area (Å²) in [5, 5.41) is 10.1. The predicted molar refractivity (Wildman–Crippen MR) is 81.3 cm³/mol. The molecular weight excluding hydrogens is 272 g/mol. The monoisotopic (exact) mass is 290 g/mol. The second kappa shape index (κ2) is 5.91. The Morgan fingerprint density at radius 3 is 2.65 bits per heavy atom. The SMILES string of the molecule is O=C(c1cc2ccccc2s1)N1CCN(CCO)CC1. The van der Waals surface area contributed by atoms with Crippen molar-refractivity contribution in [3.63, 3.8) is 0 Å². The minimum absolute atomic E-state index is 0.134. The quantitative estimate of drug-likeness (QED) is 0.935. The third-order valence-corrected chi connectivity index (χ3v) is 4.82. The fraction of sp³-hybridized carbons (Fsp3) is 0.400. The summed E-state index contributed by atoms with van der Waals surface area (Å²) in [5.41, 5.74) is 0. The van der Waals surface area contributed by atoms with Crippen molar-refractivity contribution in [3.8, 4) is 0 Å². The molecule has 0 spiro atoms. The minimum Gasteiger partial charge on any atom is -0.395 e. The lowest BCUT2D eigenvalue weighted by Crippen LogP contribution is -2.49. The van der Waals surface area contributed by atoms with Crippen molar-refractivity contribution in [1.29, 1.82) is 0 Å². The lowest BCUT2D eigenvalue weighted by molar-refractivity contribution is 0.0619. The number of aliphatic hydroxyl groups excluding tert-OH is 1. The number of carbonyl (C=O) groups is 1. The van der Waals surface area contributed by atoms with Gasteiger partial charge in [0, 0.05) is 37.4 Å². The van der Waals surface area contributed by atoms with Crippen LogP contribution in [0.1, 0.15) is 9.67 Å². The summed E-state index contributed by atoms with van der Waals surface area (Å²) in [6, 6.07) is 10.1. The molecule has 0 bridgehead atoms. The maximum atomic E-state index is 12.5. The van der Waals surface area contributed by atoms with Gasteiger partial charge in [0.2, 0.25) is 0 Å². The molecule has 0 saturated carbocycles. The lowest BCUT2D eigenvalue weighted by Gasteiger charge is -2.34. The van der Waals surface area contributed by atoms with E-state index in [1.165, 1.54) is 0 Å². The van der Waals surface area contributed by atoms with Crippen LogP contribution in [0.4, 0.5) is 0 Å². The van der Waals surface area contributed by atoms with Crippen LogP contribution in [0.3, 0.4) is 0 Å². The normalized spacial score (nSPS) is 16.8. The molecule has 3 rings (SSSR count). The molecule has 1 amide bonds. The van der Waals surface area contributed by atoms with E-state index in [1.54, 1.807) is 11.3 Å². The lowest BCUT2D eigenvalue weighted by atomic mass is 10.2. The molecule has 5 heteroatoms. The van der Waals surface area contributed by atoms with Crippen molar-refractivity contribution in [2.24, 2.45) is 0 Å². The molecule has 1 N–H and O–H groups in total. The molecule has 4 nitrogen and oxygen atoms in total. The van der Waals surface area contributed by atoms with E-state index in [0.29, 0.717) is 6.54 Å². The maximum absolute atomic E-state index is 12.5. The average molecular weight is 290 g/mol. The van der Waals surface area contributed by atoms with Gasteiger partial charge in [-0.05, 0) is 17.5 Å². The van der Waals surface area contributed by atoms with Crippen LogP contribution in [-0.4, -0.2) is 60.1 Å². The first-order valence-corrected chi connectivity index (χ1v) is 7.70. The predicted octanol–water partition coefficient (Wildman–Crippen LogP) is 1.65. The fourth-order valence-corrected chi connectivity index (χ4v) is 3.59. The average Bonchev–Trinajstić information content (AvgIpc) is 2.91. The Hall–Kier alpha value is -1.43. The van der Waals surface area contributed by atoms with Crippen molar-refractivity contribution >= 4 is 27.3 Å². The first kappa shape index (κ1) is 13.5. The zero-order valence-corrected chi connectivity index (χ0v) is 12.1. The third-order valence-electron chi connectivity index (χ3n) is 3.71. The topological polar surface area (TPSA) is 43.8 Å². The first-order valence-electron chi connectivity index (χ1n) is 6.89. The van der Waals surface area contributed by atoms with E-state index in [9.17, 15) is 4.79 Å². The number of fused-ring (bicyclic) bond motifs is 1. The molecule has 1 aromatic heterocycles. The Labute approximate surface area is 122 Å². The Morgan fingerprint density at radius 2 is 1.95 bits per heavy atom. The van der Waals surface area contributed by atoms with Gasteiger partial charge in [-0.2, -0.15) is 0 Å². The number of amides is 1. The van der Waals surface area contributed by atoms with E-state index in [-0.39, 0.29) is 12.5 Å². The van der Waals surface area contributed by atoms with Gasteiger partial charge in [0.1, 0.15) is 0 Å². The molecule has 20 heavy (non-hydrogen) atoms. The second-order valence-corrected chi connectivity index (χ2v) is 6.09. The smallest absolute Gasteiger partial charge is 0.264 e. The van der Waals surface area contributed by atoms with Crippen LogP contribution in [0.15, 0.2) is 30.3 Å². The van der Waals surface area contributed by atoms with E-state index in [1.807, 2.05) is 29.2 Å². The number of thiophene rings is 1. The van der Waals surface area contributed by atoms with E-state index in [2.05, 4.69) is 11.0 Å². The van der Waals surface area contributed by atoms with Gasteiger partial charge in [-0.1, -0.05) is 18.2 Å². The van der Waals surface area contributed by atoms with Crippen LogP contribution in [0.2, 0.25) is 0 Å². The Bertz CT molecular complexity index is 570. The highest BCUT2D eigenvalue weighted by atomic mass is 32.1. The Kier molecular flexibility index (Phi) is 4.00. The van der Waals surface area contributed by atoms with Crippen LogP contribution in [0.25, 0.3) is 10.1 Å². The van der Waals surface area contributed by atoms with Crippen molar-refractivity contribution in [2.45, 2.75) is 0 Å². The van der Waals surface area contributed by atoms with E-state index in [0.717, 1.165) is 41.1 Å². The van der Waals surface area contributed by atoms with Gasteiger partial charge in [0.15, 0.2) is 0 Å². The van der Waals surface area contributed by atoms with Crippen LogP contribution >= 0.6 is 11.3 Å². The number of hydrogen-bond donors (Lipinski definition) is 1. The molecule has 1 fully saturated rings. The maximum Gasteiger partial charge on any atom is 0.264 e. The Morgan fingerprint density at radius 1 is 1.20 bits per heavy atom. The molecule has 0 aliphatic carbocycles. The third kappa shape index (κ3) is 2.70. The van der Waals surface area contributed by atoms with Gasteiger partial charge >= 0.3 is 0 Å². The van der Waals surface area contributed by atoms with Gasteiger partial charge in [-0.3, -0.25) is 9.69 Å². The summed E-state index contributed by atoms with van der Waals surface area (Å²) in [4.78, 5) is 17.4.